The van der Waals surface area contributed by atoms with Gasteiger partial charge < -0.3 is 9.87 Å². The third kappa shape index (κ3) is 2.60. The number of aromatic nitrogens is 2. The number of hydrogen-bond acceptors (Lipinski definition) is 3. The lowest BCUT2D eigenvalue weighted by Crippen LogP contribution is -2.13. The average Bonchev–Trinajstić information content (AvgIpc) is 3.15. The van der Waals surface area contributed by atoms with Crippen LogP contribution < -0.4 is 5.32 Å². The average molecular weight is 337 g/mol. The number of amides is 1. The minimum absolute atomic E-state index is 0.166. The maximum absolute atomic E-state index is 12.6. The molecule has 1 aliphatic heterocycles. The second-order valence-corrected chi connectivity index (χ2v) is 7.06. The zero-order chi connectivity index (χ0) is 16.5. The molecule has 1 amide bonds. The first kappa shape index (κ1) is 15.0. The fraction of sp³-hybridized carbons (Fsp3) is 0.111. The maximum atomic E-state index is 12.6. The number of hydrogen-bond donors (Lipinski definition) is 1. The third-order valence-electron chi connectivity index (χ3n) is 4.06. The van der Waals surface area contributed by atoms with Crippen molar-refractivity contribution in [2.24, 2.45) is 0 Å². The highest BCUT2D eigenvalue weighted by Crippen LogP contribution is 2.38. The second-order valence-electron chi connectivity index (χ2n) is 5.57. The highest BCUT2D eigenvalue weighted by molar-refractivity contribution is 7.91. The SMILES string of the molecule is O=C(Nc1ccn2c1C[S+]([O-])C2c1cccnc1)c1ccccc1. The third-order valence-corrected chi connectivity index (χ3v) is 5.61. The molecular formula is C18H15N3O2S. The largest absolute Gasteiger partial charge is 0.614 e. The fourth-order valence-electron chi connectivity index (χ4n) is 2.92. The van der Waals surface area contributed by atoms with Crippen LogP contribution in [0.25, 0.3) is 0 Å². The summed E-state index contributed by atoms with van der Waals surface area (Å²) < 4.78 is 14.5. The summed E-state index contributed by atoms with van der Waals surface area (Å²) in [7, 11) is 0. The van der Waals surface area contributed by atoms with E-state index >= 15 is 0 Å². The van der Waals surface area contributed by atoms with E-state index < -0.39 is 11.2 Å². The zero-order valence-electron chi connectivity index (χ0n) is 12.8. The van der Waals surface area contributed by atoms with E-state index in [9.17, 15) is 9.35 Å². The smallest absolute Gasteiger partial charge is 0.255 e. The monoisotopic (exact) mass is 337 g/mol. The van der Waals surface area contributed by atoms with E-state index in [1.165, 1.54) is 0 Å². The van der Waals surface area contributed by atoms with Crippen molar-refractivity contribution in [2.45, 2.75) is 11.1 Å². The van der Waals surface area contributed by atoms with Crippen LogP contribution in [0.3, 0.4) is 0 Å². The van der Waals surface area contributed by atoms with Gasteiger partial charge in [-0.15, -0.1) is 0 Å². The molecule has 2 aromatic heterocycles. The molecule has 0 saturated heterocycles. The van der Waals surface area contributed by atoms with Crippen LogP contribution in [-0.4, -0.2) is 20.0 Å². The number of rotatable bonds is 3. The molecule has 2 unspecified atom stereocenters. The van der Waals surface area contributed by atoms with Crippen LogP contribution in [0.2, 0.25) is 0 Å². The van der Waals surface area contributed by atoms with Gasteiger partial charge in [0.15, 0.2) is 0 Å². The highest BCUT2D eigenvalue weighted by atomic mass is 32.2. The molecule has 120 valence electrons. The lowest BCUT2D eigenvalue weighted by molar-refractivity contribution is 0.102. The first-order valence-electron chi connectivity index (χ1n) is 7.57. The minimum Gasteiger partial charge on any atom is -0.614 e. The maximum Gasteiger partial charge on any atom is 0.255 e. The molecule has 4 rings (SSSR count). The summed E-state index contributed by atoms with van der Waals surface area (Å²) in [5, 5.41) is 2.67. The van der Waals surface area contributed by atoms with Gasteiger partial charge in [0.2, 0.25) is 5.37 Å². The van der Waals surface area contributed by atoms with Crippen LogP contribution in [0.5, 0.6) is 0 Å². The van der Waals surface area contributed by atoms with E-state index in [0.29, 0.717) is 17.0 Å². The number of anilines is 1. The van der Waals surface area contributed by atoms with E-state index in [0.717, 1.165) is 11.3 Å². The summed E-state index contributed by atoms with van der Waals surface area (Å²) >= 11 is -1.07. The van der Waals surface area contributed by atoms with Gasteiger partial charge in [-0.1, -0.05) is 18.2 Å². The highest BCUT2D eigenvalue weighted by Gasteiger charge is 2.37. The number of carbonyl (C=O) groups is 1. The van der Waals surface area contributed by atoms with Crippen molar-refractivity contribution in [3.63, 3.8) is 0 Å². The van der Waals surface area contributed by atoms with Gasteiger partial charge in [-0.3, -0.25) is 14.3 Å². The molecule has 1 N–H and O–H groups in total. The summed E-state index contributed by atoms with van der Waals surface area (Å²) in [4.78, 5) is 16.5. The summed E-state index contributed by atoms with van der Waals surface area (Å²) in [6.45, 7) is 0. The summed E-state index contributed by atoms with van der Waals surface area (Å²) in [5.74, 6) is 0.247. The molecule has 0 spiro atoms. The Balaban J connectivity index is 1.62. The molecule has 3 aromatic rings. The topological polar surface area (TPSA) is 70.0 Å². The van der Waals surface area contributed by atoms with Gasteiger partial charge >= 0.3 is 0 Å². The van der Waals surface area contributed by atoms with Crippen LogP contribution in [0.1, 0.15) is 27.0 Å². The standard InChI is InChI=1S/C18H15N3O2S/c22-17(13-5-2-1-3-6-13)20-15-8-10-21-16(15)12-24(23)18(21)14-7-4-9-19-11-14/h1-11,18H,12H2,(H,20,22). The van der Waals surface area contributed by atoms with Crippen molar-refractivity contribution in [3.8, 4) is 0 Å². The lowest BCUT2D eigenvalue weighted by Gasteiger charge is -2.15. The Morgan fingerprint density at radius 3 is 2.79 bits per heavy atom. The summed E-state index contributed by atoms with van der Waals surface area (Å²) in [6.07, 6.45) is 5.31. The molecule has 24 heavy (non-hydrogen) atoms. The molecule has 6 heteroatoms. The molecule has 0 saturated carbocycles. The predicted molar refractivity (Wildman–Crippen MR) is 93.0 cm³/mol. The van der Waals surface area contributed by atoms with E-state index in [2.05, 4.69) is 10.3 Å². The van der Waals surface area contributed by atoms with Crippen molar-refractivity contribution < 1.29 is 9.35 Å². The Kier molecular flexibility index (Phi) is 3.84. The van der Waals surface area contributed by atoms with Crippen LogP contribution in [0, 0.1) is 0 Å². The van der Waals surface area contributed by atoms with Gasteiger partial charge in [-0.05, 0) is 41.5 Å². The summed E-state index contributed by atoms with van der Waals surface area (Å²) in [6, 6.07) is 14.7. The first-order chi connectivity index (χ1) is 11.7. The van der Waals surface area contributed by atoms with Gasteiger partial charge in [-0.2, -0.15) is 0 Å². The Bertz CT molecular complexity index is 864. The normalized spacial score (nSPS) is 19.0. The Morgan fingerprint density at radius 1 is 1.21 bits per heavy atom. The Labute approximate surface area is 142 Å². The van der Waals surface area contributed by atoms with Crippen LogP contribution in [0.15, 0.2) is 67.1 Å². The van der Waals surface area contributed by atoms with Crippen LogP contribution >= 0.6 is 0 Å². The van der Waals surface area contributed by atoms with Gasteiger partial charge in [0.05, 0.1) is 11.4 Å². The molecule has 0 radical (unpaired) electrons. The van der Waals surface area contributed by atoms with Crippen LogP contribution in [-0.2, 0) is 16.9 Å². The van der Waals surface area contributed by atoms with Crippen LogP contribution in [0.4, 0.5) is 5.69 Å². The molecule has 2 atom stereocenters. The van der Waals surface area contributed by atoms with Crippen molar-refractivity contribution in [1.29, 1.82) is 0 Å². The zero-order valence-corrected chi connectivity index (χ0v) is 13.6. The molecule has 5 nitrogen and oxygen atoms in total. The van der Waals surface area contributed by atoms with Crippen molar-refractivity contribution in [1.82, 2.24) is 9.55 Å². The molecular weight excluding hydrogens is 322 g/mol. The molecule has 0 bridgehead atoms. The van der Waals surface area contributed by atoms with Crippen molar-refractivity contribution >= 4 is 22.8 Å². The van der Waals surface area contributed by atoms with Gasteiger partial charge in [0.1, 0.15) is 5.75 Å². The molecule has 1 aliphatic rings. The first-order valence-corrected chi connectivity index (χ1v) is 8.95. The van der Waals surface area contributed by atoms with E-state index in [4.69, 9.17) is 0 Å². The molecule has 0 fully saturated rings. The van der Waals surface area contributed by atoms with Crippen molar-refractivity contribution in [2.75, 3.05) is 5.32 Å². The molecule has 0 aliphatic carbocycles. The second kappa shape index (κ2) is 6.14. The Morgan fingerprint density at radius 2 is 2.04 bits per heavy atom. The molecule has 1 aromatic carbocycles. The number of nitrogens with zero attached hydrogens (tertiary/aromatic N) is 2. The number of benzene rings is 1. The van der Waals surface area contributed by atoms with Crippen molar-refractivity contribution in [3.05, 3.63) is 83.9 Å². The lowest BCUT2D eigenvalue weighted by atomic mass is 10.2. The van der Waals surface area contributed by atoms with Gasteiger partial charge in [0.25, 0.3) is 5.91 Å². The Hall–Kier alpha value is -2.57. The van der Waals surface area contributed by atoms with Gasteiger partial charge in [0, 0.05) is 29.7 Å². The van der Waals surface area contributed by atoms with E-state index in [1.807, 2.05) is 47.2 Å². The number of pyridine rings is 1. The minimum atomic E-state index is -1.07. The predicted octanol–water partition coefficient (Wildman–Crippen LogP) is 2.94. The fourth-order valence-corrected chi connectivity index (χ4v) is 4.55. The number of fused-ring (bicyclic) bond motifs is 1. The number of nitrogens with one attached hydrogen (secondary N) is 1. The van der Waals surface area contributed by atoms with Gasteiger partial charge in [-0.25, -0.2) is 0 Å². The van der Waals surface area contributed by atoms with E-state index in [1.54, 1.807) is 24.5 Å². The quantitative estimate of drug-likeness (QED) is 0.747. The van der Waals surface area contributed by atoms with E-state index in [-0.39, 0.29) is 11.3 Å². The summed E-state index contributed by atoms with van der Waals surface area (Å²) in [5.41, 5.74) is 3.10. The number of carbonyl (C=O) groups excluding carboxylic acids is 1. The molecule has 3 heterocycles.